The predicted octanol–water partition coefficient (Wildman–Crippen LogP) is 3.55. The number of nitrogens with two attached hydrogens (primary N) is 1. The number of aryl methyl sites for hydroxylation is 3. The minimum Gasteiger partial charge on any atom is -0.394 e. The molecular weight excluding hydrogens is 372 g/mol. The number of rotatable bonds is 4. The van der Waals surface area contributed by atoms with Gasteiger partial charge in [-0.3, -0.25) is 9.59 Å². The lowest BCUT2D eigenvalue weighted by molar-refractivity contribution is -0.119. The topological polar surface area (TPSA) is 90.0 Å². The fraction of sp³-hybridized carbons (Fsp3) is 0.286. The largest absolute Gasteiger partial charge is 0.394 e. The number of benzene rings is 1. The van der Waals surface area contributed by atoms with Crippen LogP contribution in [-0.2, 0) is 17.6 Å². The second-order valence-electron chi connectivity index (χ2n) is 7.15. The van der Waals surface area contributed by atoms with Crippen molar-refractivity contribution in [2.75, 3.05) is 11.1 Å². The fourth-order valence-corrected chi connectivity index (χ4v) is 4.32. The second-order valence-corrected chi connectivity index (χ2v) is 8.44. The summed E-state index contributed by atoms with van der Waals surface area (Å²) in [5.41, 5.74) is 9.48. The Labute approximate surface area is 167 Å². The molecule has 7 heteroatoms. The van der Waals surface area contributed by atoms with Gasteiger partial charge in [-0.15, -0.1) is 11.3 Å². The van der Waals surface area contributed by atoms with E-state index in [1.54, 1.807) is 24.3 Å². The number of carbonyl (C=O) groups excluding carboxylic acids is 1. The fourth-order valence-electron chi connectivity index (χ4n) is 3.49. The van der Waals surface area contributed by atoms with Crippen molar-refractivity contribution in [2.24, 2.45) is 0 Å². The number of aromatic nitrogens is 2. The van der Waals surface area contributed by atoms with E-state index in [-0.39, 0.29) is 11.6 Å². The van der Waals surface area contributed by atoms with Crippen molar-refractivity contribution in [3.05, 3.63) is 62.8 Å². The van der Waals surface area contributed by atoms with Crippen molar-refractivity contribution in [3.8, 4) is 10.6 Å². The van der Waals surface area contributed by atoms with E-state index in [1.165, 1.54) is 15.8 Å². The van der Waals surface area contributed by atoms with E-state index < -0.39 is 11.6 Å². The minimum absolute atomic E-state index is 0.0771. The quantitative estimate of drug-likeness (QED) is 0.708. The van der Waals surface area contributed by atoms with Gasteiger partial charge in [0.05, 0.1) is 4.88 Å². The summed E-state index contributed by atoms with van der Waals surface area (Å²) in [6.45, 7) is 3.65. The second kappa shape index (κ2) is 7.24. The minimum atomic E-state index is -0.788. The number of fused-ring (bicyclic) bond motifs is 1. The van der Waals surface area contributed by atoms with Crippen LogP contribution in [0.1, 0.15) is 35.4 Å². The normalized spacial score (nSPS) is 13.9. The van der Waals surface area contributed by atoms with Crippen LogP contribution >= 0.6 is 11.3 Å². The molecule has 1 atom stereocenters. The van der Waals surface area contributed by atoms with Crippen molar-refractivity contribution < 1.29 is 4.79 Å². The standard InChI is InChI=1S/C21H22N4O2S/c1-12-6-9-19(28-12)18-11-17(22)21(27)25(24-18)13(2)20(26)23-16-8-7-14-4-3-5-15(14)10-16/h6-11,13H,3-5,22H2,1-2H3,(H,23,26). The molecule has 28 heavy (non-hydrogen) atoms. The van der Waals surface area contributed by atoms with Crippen LogP contribution in [0.4, 0.5) is 11.4 Å². The summed E-state index contributed by atoms with van der Waals surface area (Å²) in [5.74, 6) is -0.300. The van der Waals surface area contributed by atoms with Gasteiger partial charge in [0.2, 0.25) is 5.91 Å². The number of anilines is 2. The molecule has 3 N–H and O–H groups in total. The summed E-state index contributed by atoms with van der Waals surface area (Å²) >= 11 is 1.56. The van der Waals surface area contributed by atoms with E-state index >= 15 is 0 Å². The summed E-state index contributed by atoms with van der Waals surface area (Å²) in [6.07, 6.45) is 3.28. The number of carbonyl (C=O) groups is 1. The van der Waals surface area contributed by atoms with Crippen LogP contribution in [0.25, 0.3) is 10.6 Å². The monoisotopic (exact) mass is 394 g/mol. The number of nitrogens with zero attached hydrogens (tertiary/aromatic N) is 2. The zero-order chi connectivity index (χ0) is 19.8. The lowest BCUT2D eigenvalue weighted by Gasteiger charge is -2.16. The van der Waals surface area contributed by atoms with E-state index in [2.05, 4.69) is 16.5 Å². The first-order valence-corrected chi connectivity index (χ1v) is 10.1. The van der Waals surface area contributed by atoms with Crippen LogP contribution in [0, 0.1) is 6.92 Å². The van der Waals surface area contributed by atoms with Gasteiger partial charge in [0.15, 0.2) is 0 Å². The van der Waals surface area contributed by atoms with Crippen LogP contribution in [0.2, 0.25) is 0 Å². The van der Waals surface area contributed by atoms with E-state index in [4.69, 9.17) is 5.73 Å². The summed E-state index contributed by atoms with van der Waals surface area (Å²) < 4.78 is 1.17. The Hall–Kier alpha value is -2.93. The Balaban J connectivity index is 1.61. The lowest BCUT2D eigenvalue weighted by atomic mass is 10.1. The van der Waals surface area contributed by atoms with Crippen molar-refractivity contribution in [3.63, 3.8) is 0 Å². The maximum Gasteiger partial charge on any atom is 0.290 e. The van der Waals surface area contributed by atoms with Gasteiger partial charge in [-0.1, -0.05) is 6.07 Å². The number of nitrogen functional groups attached to an aromatic ring is 1. The zero-order valence-corrected chi connectivity index (χ0v) is 16.7. The summed E-state index contributed by atoms with van der Waals surface area (Å²) in [4.78, 5) is 27.3. The number of nitrogens with one attached hydrogen (secondary N) is 1. The highest BCUT2D eigenvalue weighted by Gasteiger charge is 2.21. The van der Waals surface area contributed by atoms with Gasteiger partial charge in [-0.05, 0) is 74.6 Å². The Morgan fingerprint density at radius 2 is 2.00 bits per heavy atom. The number of hydrogen-bond donors (Lipinski definition) is 2. The lowest BCUT2D eigenvalue weighted by Crippen LogP contribution is -2.34. The molecule has 1 amide bonds. The predicted molar refractivity (Wildman–Crippen MR) is 113 cm³/mol. The number of amides is 1. The van der Waals surface area contributed by atoms with E-state index in [9.17, 15) is 9.59 Å². The highest BCUT2D eigenvalue weighted by atomic mass is 32.1. The van der Waals surface area contributed by atoms with Gasteiger partial charge in [-0.25, -0.2) is 4.68 Å². The number of hydrogen-bond acceptors (Lipinski definition) is 5. The molecule has 1 aliphatic rings. The van der Waals surface area contributed by atoms with Crippen molar-refractivity contribution in [2.45, 2.75) is 39.2 Å². The van der Waals surface area contributed by atoms with Gasteiger partial charge in [-0.2, -0.15) is 5.10 Å². The molecule has 4 rings (SSSR count). The molecule has 0 radical (unpaired) electrons. The van der Waals surface area contributed by atoms with E-state index in [0.717, 1.165) is 34.7 Å². The molecule has 1 aromatic carbocycles. The van der Waals surface area contributed by atoms with Crippen molar-refractivity contribution in [1.82, 2.24) is 9.78 Å². The highest BCUT2D eigenvalue weighted by Crippen LogP contribution is 2.27. The van der Waals surface area contributed by atoms with Crippen LogP contribution in [-0.4, -0.2) is 15.7 Å². The molecule has 2 heterocycles. The molecule has 6 nitrogen and oxygen atoms in total. The van der Waals surface area contributed by atoms with E-state index in [1.807, 2.05) is 31.2 Å². The molecule has 144 valence electrons. The SMILES string of the molecule is Cc1ccc(-c2cc(N)c(=O)n(C(C)C(=O)Nc3ccc4c(c3)CCC4)n2)s1. The first kappa shape index (κ1) is 18.4. The third-order valence-corrected chi connectivity index (χ3v) is 6.09. The summed E-state index contributed by atoms with van der Waals surface area (Å²) in [6, 6.07) is 10.7. The zero-order valence-electron chi connectivity index (χ0n) is 15.9. The molecule has 0 saturated heterocycles. The molecule has 1 aliphatic carbocycles. The van der Waals surface area contributed by atoms with Gasteiger partial charge in [0.25, 0.3) is 5.56 Å². The van der Waals surface area contributed by atoms with Crippen LogP contribution in [0.3, 0.4) is 0 Å². The first-order chi connectivity index (χ1) is 13.4. The van der Waals surface area contributed by atoms with Gasteiger partial charge < -0.3 is 11.1 Å². The Kier molecular flexibility index (Phi) is 4.77. The van der Waals surface area contributed by atoms with E-state index in [0.29, 0.717) is 5.69 Å². The Morgan fingerprint density at radius 3 is 2.75 bits per heavy atom. The molecule has 1 unspecified atom stereocenters. The average molecular weight is 395 g/mol. The highest BCUT2D eigenvalue weighted by molar-refractivity contribution is 7.15. The van der Waals surface area contributed by atoms with Gasteiger partial charge in [0, 0.05) is 10.6 Å². The molecular formula is C21H22N4O2S. The summed E-state index contributed by atoms with van der Waals surface area (Å²) in [5, 5.41) is 7.31. The molecule has 2 aromatic heterocycles. The molecule has 0 aliphatic heterocycles. The molecule has 0 saturated carbocycles. The van der Waals surface area contributed by atoms with Crippen molar-refractivity contribution in [1.29, 1.82) is 0 Å². The maximum atomic E-state index is 12.8. The van der Waals surface area contributed by atoms with Crippen LogP contribution < -0.4 is 16.6 Å². The molecule has 3 aromatic rings. The van der Waals surface area contributed by atoms with Crippen LogP contribution in [0.5, 0.6) is 0 Å². The van der Waals surface area contributed by atoms with Gasteiger partial charge in [0.1, 0.15) is 17.4 Å². The van der Waals surface area contributed by atoms with Crippen molar-refractivity contribution >= 4 is 28.6 Å². The molecule has 0 spiro atoms. The smallest absolute Gasteiger partial charge is 0.290 e. The van der Waals surface area contributed by atoms with Gasteiger partial charge >= 0.3 is 0 Å². The Morgan fingerprint density at radius 1 is 1.21 bits per heavy atom. The number of thiophene rings is 1. The third-order valence-electron chi connectivity index (χ3n) is 5.07. The third kappa shape index (κ3) is 3.45. The maximum absolute atomic E-state index is 12.8. The van der Waals surface area contributed by atoms with Crippen LogP contribution in [0.15, 0.2) is 41.2 Å². The summed E-state index contributed by atoms with van der Waals surface area (Å²) in [7, 11) is 0. The first-order valence-electron chi connectivity index (χ1n) is 9.31. The molecule has 0 fully saturated rings. The molecule has 0 bridgehead atoms. The Bertz CT molecular complexity index is 1120. The average Bonchev–Trinajstić information content (AvgIpc) is 3.31.